The van der Waals surface area contributed by atoms with E-state index in [0.29, 0.717) is 0 Å². The van der Waals surface area contributed by atoms with Gasteiger partial charge in [0.15, 0.2) is 0 Å². The van der Waals surface area contributed by atoms with Gasteiger partial charge in [-0.2, -0.15) is 0 Å². The fourth-order valence-corrected chi connectivity index (χ4v) is 1.92. The Morgan fingerprint density at radius 3 is 2.43 bits per heavy atom. The normalized spacial score (nSPS) is 26.5. The van der Waals surface area contributed by atoms with Crippen LogP contribution in [0.25, 0.3) is 0 Å². The lowest BCUT2D eigenvalue weighted by Crippen LogP contribution is -2.42. The molecule has 78 valence electrons. The van der Waals surface area contributed by atoms with Gasteiger partial charge in [-0.05, 0) is 26.9 Å². The molecule has 0 saturated carbocycles. The van der Waals surface area contributed by atoms with Gasteiger partial charge in [0.1, 0.15) is 0 Å². The molecule has 0 spiro atoms. The predicted octanol–water partition coefficient (Wildman–Crippen LogP) is 3.16. The van der Waals surface area contributed by atoms with Crippen LogP contribution in [0.15, 0.2) is 36.0 Å². The van der Waals surface area contributed by atoms with E-state index in [0.717, 1.165) is 13.1 Å². The molecule has 0 heterocycles. The second kappa shape index (κ2) is 4.61. The van der Waals surface area contributed by atoms with Crippen molar-refractivity contribution in [2.45, 2.75) is 33.2 Å². The van der Waals surface area contributed by atoms with E-state index < -0.39 is 0 Å². The molecule has 1 atom stereocenters. The van der Waals surface area contributed by atoms with Gasteiger partial charge in [-0.3, -0.25) is 4.90 Å². The maximum Gasteiger partial charge on any atom is 0.0552 e. The second-order valence-electron chi connectivity index (χ2n) is 4.00. The summed E-state index contributed by atoms with van der Waals surface area (Å²) >= 11 is 0. The maximum absolute atomic E-state index is 2.45. The van der Waals surface area contributed by atoms with Crippen molar-refractivity contribution in [3.8, 4) is 0 Å². The van der Waals surface area contributed by atoms with Crippen LogP contribution in [-0.4, -0.2) is 23.5 Å². The van der Waals surface area contributed by atoms with Crippen LogP contribution in [0.2, 0.25) is 0 Å². The Labute approximate surface area is 87.8 Å². The molecule has 1 heteroatoms. The molecule has 1 rings (SSSR count). The minimum absolute atomic E-state index is 0.0811. The van der Waals surface area contributed by atoms with Gasteiger partial charge in [0.2, 0.25) is 0 Å². The SMILES string of the molecule is CCN(CC)C1(C)C=CC=C(C)C=C1. The summed E-state index contributed by atoms with van der Waals surface area (Å²) in [6.45, 7) is 11.0. The van der Waals surface area contributed by atoms with Crippen LogP contribution in [-0.2, 0) is 0 Å². The maximum atomic E-state index is 2.45. The number of likely N-dealkylation sites (N-methyl/N-ethyl adjacent to an activating group) is 1. The van der Waals surface area contributed by atoms with E-state index in [1.54, 1.807) is 0 Å². The molecular weight excluding hydrogens is 170 g/mol. The highest BCUT2D eigenvalue weighted by Gasteiger charge is 2.23. The Balaban J connectivity index is 2.90. The van der Waals surface area contributed by atoms with E-state index in [-0.39, 0.29) is 5.54 Å². The van der Waals surface area contributed by atoms with Gasteiger partial charge in [-0.1, -0.05) is 49.8 Å². The summed E-state index contributed by atoms with van der Waals surface area (Å²) in [6.07, 6.45) is 11.1. The molecule has 1 aliphatic rings. The number of hydrogen-bond acceptors (Lipinski definition) is 1. The van der Waals surface area contributed by atoms with Gasteiger partial charge in [0.25, 0.3) is 0 Å². The Morgan fingerprint density at radius 2 is 1.86 bits per heavy atom. The summed E-state index contributed by atoms with van der Waals surface area (Å²) in [4.78, 5) is 2.45. The molecule has 0 aromatic heterocycles. The third kappa shape index (κ3) is 2.36. The summed E-state index contributed by atoms with van der Waals surface area (Å²) in [7, 11) is 0. The lowest BCUT2D eigenvalue weighted by atomic mass is 9.99. The molecule has 14 heavy (non-hydrogen) atoms. The van der Waals surface area contributed by atoms with Gasteiger partial charge < -0.3 is 0 Å². The van der Waals surface area contributed by atoms with E-state index in [4.69, 9.17) is 0 Å². The first-order valence-corrected chi connectivity index (χ1v) is 5.42. The van der Waals surface area contributed by atoms with Gasteiger partial charge in [-0.15, -0.1) is 0 Å². The number of hydrogen-bond donors (Lipinski definition) is 0. The van der Waals surface area contributed by atoms with Crippen molar-refractivity contribution in [1.82, 2.24) is 4.90 Å². The highest BCUT2D eigenvalue weighted by atomic mass is 15.2. The van der Waals surface area contributed by atoms with E-state index in [2.05, 4.69) is 63.0 Å². The van der Waals surface area contributed by atoms with Crippen LogP contribution in [0.4, 0.5) is 0 Å². The van der Waals surface area contributed by atoms with Crippen molar-refractivity contribution in [3.05, 3.63) is 36.0 Å². The summed E-state index contributed by atoms with van der Waals surface area (Å²) < 4.78 is 0. The van der Waals surface area contributed by atoms with Gasteiger partial charge in [0.05, 0.1) is 5.54 Å². The third-order valence-corrected chi connectivity index (χ3v) is 2.92. The predicted molar refractivity (Wildman–Crippen MR) is 63.4 cm³/mol. The van der Waals surface area contributed by atoms with E-state index in [1.165, 1.54) is 5.57 Å². The monoisotopic (exact) mass is 191 g/mol. The number of rotatable bonds is 3. The first-order chi connectivity index (χ1) is 6.62. The lowest BCUT2D eigenvalue weighted by molar-refractivity contribution is 0.206. The van der Waals surface area contributed by atoms with Crippen molar-refractivity contribution < 1.29 is 0 Å². The van der Waals surface area contributed by atoms with Crippen LogP contribution < -0.4 is 0 Å². The zero-order chi connectivity index (χ0) is 10.6. The van der Waals surface area contributed by atoms with E-state index in [1.807, 2.05) is 0 Å². The van der Waals surface area contributed by atoms with Crippen LogP contribution >= 0.6 is 0 Å². The molecule has 0 amide bonds. The lowest BCUT2D eigenvalue weighted by Gasteiger charge is -2.35. The van der Waals surface area contributed by atoms with Crippen LogP contribution in [0.5, 0.6) is 0 Å². The summed E-state index contributed by atoms with van der Waals surface area (Å²) in [6, 6.07) is 0. The molecule has 0 aromatic rings. The average Bonchev–Trinajstić information content (AvgIpc) is 2.32. The molecule has 0 bridgehead atoms. The molecule has 1 nitrogen and oxygen atoms in total. The highest BCUT2D eigenvalue weighted by molar-refractivity contribution is 5.32. The molecular formula is C13H21N. The molecule has 1 aliphatic carbocycles. The first-order valence-electron chi connectivity index (χ1n) is 5.42. The Bertz CT molecular complexity index is 269. The Hall–Kier alpha value is -0.820. The third-order valence-electron chi connectivity index (χ3n) is 2.92. The Morgan fingerprint density at radius 1 is 1.21 bits per heavy atom. The van der Waals surface area contributed by atoms with Crippen molar-refractivity contribution >= 4 is 0 Å². The van der Waals surface area contributed by atoms with Crippen LogP contribution in [0.3, 0.4) is 0 Å². The van der Waals surface area contributed by atoms with Crippen molar-refractivity contribution in [1.29, 1.82) is 0 Å². The van der Waals surface area contributed by atoms with E-state index in [9.17, 15) is 0 Å². The van der Waals surface area contributed by atoms with Crippen LogP contribution in [0, 0.1) is 0 Å². The molecule has 0 radical (unpaired) electrons. The van der Waals surface area contributed by atoms with Crippen molar-refractivity contribution in [2.75, 3.05) is 13.1 Å². The molecule has 0 fully saturated rings. The minimum Gasteiger partial charge on any atom is -0.292 e. The van der Waals surface area contributed by atoms with Crippen molar-refractivity contribution in [2.24, 2.45) is 0 Å². The molecule has 0 aromatic carbocycles. The smallest absolute Gasteiger partial charge is 0.0552 e. The standard InChI is InChI=1S/C13H21N/c1-5-14(6-2)13(4)10-7-8-12(3)9-11-13/h7-11H,5-6H2,1-4H3. The summed E-state index contributed by atoms with van der Waals surface area (Å²) in [5.41, 5.74) is 1.40. The van der Waals surface area contributed by atoms with Crippen LogP contribution in [0.1, 0.15) is 27.7 Å². The number of allylic oxidation sites excluding steroid dienone is 4. The van der Waals surface area contributed by atoms with Gasteiger partial charge >= 0.3 is 0 Å². The summed E-state index contributed by atoms with van der Waals surface area (Å²) in [5, 5.41) is 0. The first kappa shape index (κ1) is 11.3. The topological polar surface area (TPSA) is 3.24 Å². The molecule has 0 saturated heterocycles. The highest BCUT2D eigenvalue weighted by Crippen LogP contribution is 2.21. The number of nitrogens with zero attached hydrogens (tertiary/aromatic N) is 1. The van der Waals surface area contributed by atoms with Crippen molar-refractivity contribution in [3.63, 3.8) is 0 Å². The zero-order valence-corrected chi connectivity index (χ0v) is 9.75. The minimum atomic E-state index is 0.0811. The summed E-state index contributed by atoms with van der Waals surface area (Å²) in [5.74, 6) is 0. The largest absolute Gasteiger partial charge is 0.292 e. The van der Waals surface area contributed by atoms with E-state index >= 15 is 0 Å². The molecule has 1 unspecified atom stereocenters. The zero-order valence-electron chi connectivity index (χ0n) is 9.75. The second-order valence-corrected chi connectivity index (χ2v) is 4.00. The Kier molecular flexibility index (Phi) is 3.70. The molecule has 0 N–H and O–H groups in total. The average molecular weight is 191 g/mol. The van der Waals surface area contributed by atoms with Gasteiger partial charge in [0, 0.05) is 0 Å². The fourth-order valence-electron chi connectivity index (χ4n) is 1.92. The molecule has 0 aliphatic heterocycles. The van der Waals surface area contributed by atoms with Gasteiger partial charge in [-0.25, -0.2) is 0 Å². The quantitative estimate of drug-likeness (QED) is 0.662. The fraction of sp³-hybridized carbons (Fsp3) is 0.538.